The van der Waals surface area contributed by atoms with Gasteiger partial charge in [0.15, 0.2) is 9.84 Å². The third-order valence-electron chi connectivity index (χ3n) is 4.79. The van der Waals surface area contributed by atoms with Gasteiger partial charge in [0.1, 0.15) is 0 Å². The van der Waals surface area contributed by atoms with Crippen LogP contribution in [-0.2, 0) is 9.84 Å². The van der Waals surface area contributed by atoms with Crippen LogP contribution in [0.15, 0.2) is 0 Å². The Balaban J connectivity index is 2.58. The van der Waals surface area contributed by atoms with Gasteiger partial charge in [0, 0.05) is 24.9 Å². The van der Waals surface area contributed by atoms with E-state index in [0.717, 1.165) is 25.7 Å². The molecule has 1 N–H and O–H groups in total. The van der Waals surface area contributed by atoms with Crippen molar-refractivity contribution in [1.82, 2.24) is 10.2 Å². The maximum atomic E-state index is 12.4. The van der Waals surface area contributed by atoms with Crippen molar-refractivity contribution in [3.05, 3.63) is 0 Å². The van der Waals surface area contributed by atoms with Gasteiger partial charge in [0.2, 0.25) is 0 Å². The van der Waals surface area contributed by atoms with Crippen molar-refractivity contribution < 1.29 is 13.2 Å². The van der Waals surface area contributed by atoms with Gasteiger partial charge in [0.25, 0.3) is 0 Å². The lowest BCUT2D eigenvalue weighted by Crippen LogP contribution is -2.51. The van der Waals surface area contributed by atoms with Crippen molar-refractivity contribution >= 4 is 15.9 Å². The minimum Gasteiger partial charge on any atom is -0.335 e. The summed E-state index contributed by atoms with van der Waals surface area (Å²) in [5.74, 6) is 0.704. The van der Waals surface area contributed by atoms with Gasteiger partial charge >= 0.3 is 6.03 Å². The van der Waals surface area contributed by atoms with Gasteiger partial charge in [-0.1, -0.05) is 33.1 Å². The molecule has 1 saturated carbocycles. The molecule has 0 unspecified atom stereocenters. The molecule has 5 nitrogen and oxygen atoms in total. The molecule has 1 rings (SSSR count). The molecule has 0 aromatic carbocycles. The van der Waals surface area contributed by atoms with Crippen LogP contribution in [0.1, 0.15) is 59.3 Å². The molecular formula is C16H32N2O3S. The molecule has 1 aliphatic carbocycles. The largest absolute Gasteiger partial charge is 0.335 e. The second-order valence-electron chi connectivity index (χ2n) is 6.55. The van der Waals surface area contributed by atoms with Gasteiger partial charge in [-0.2, -0.15) is 0 Å². The number of urea groups is 1. The number of sulfone groups is 1. The molecule has 0 heterocycles. The van der Waals surface area contributed by atoms with Crippen LogP contribution in [-0.4, -0.2) is 50.0 Å². The molecule has 1 fully saturated rings. The van der Waals surface area contributed by atoms with Crippen molar-refractivity contribution in [3.8, 4) is 0 Å². The lowest BCUT2D eigenvalue weighted by molar-refractivity contribution is 0.177. The van der Waals surface area contributed by atoms with E-state index in [1.165, 1.54) is 17.7 Å². The number of rotatable bonds is 7. The van der Waals surface area contributed by atoms with Crippen LogP contribution in [0.2, 0.25) is 0 Å². The minimum atomic E-state index is -3.07. The zero-order valence-corrected chi connectivity index (χ0v) is 15.3. The average molecular weight is 333 g/mol. The highest BCUT2D eigenvalue weighted by atomic mass is 32.2. The fourth-order valence-electron chi connectivity index (χ4n) is 3.17. The number of nitrogens with one attached hydrogen (secondary N) is 1. The van der Waals surface area contributed by atoms with Gasteiger partial charge < -0.3 is 10.2 Å². The maximum absolute atomic E-state index is 12.4. The predicted octanol–water partition coefficient (Wildman–Crippen LogP) is 2.81. The lowest BCUT2D eigenvalue weighted by atomic mass is 9.82. The number of amides is 2. The molecule has 130 valence electrons. The van der Waals surface area contributed by atoms with Gasteiger partial charge in [-0.3, -0.25) is 0 Å². The van der Waals surface area contributed by atoms with E-state index in [-0.39, 0.29) is 29.6 Å². The smallest absolute Gasteiger partial charge is 0.317 e. The molecule has 0 radical (unpaired) electrons. The summed E-state index contributed by atoms with van der Waals surface area (Å²) in [7, 11) is -1.39. The van der Waals surface area contributed by atoms with Crippen LogP contribution in [0.3, 0.4) is 0 Å². The highest BCUT2D eigenvalue weighted by molar-refractivity contribution is 7.91. The van der Waals surface area contributed by atoms with Crippen LogP contribution in [0.5, 0.6) is 0 Å². The van der Waals surface area contributed by atoms with Crippen LogP contribution < -0.4 is 5.32 Å². The van der Waals surface area contributed by atoms with Crippen LogP contribution in [0.4, 0.5) is 4.79 Å². The SMILES string of the molecule is CCC[C@@H]1CCCC[C@H]1NC(=O)N(C)[C@@H](C)CS(=O)(=O)CC. The summed E-state index contributed by atoms with van der Waals surface area (Å²) in [6.07, 6.45) is 6.91. The van der Waals surface area contributed by atoms with E-state index in [1.54, 1.807) is 20.9 Å². The summed E-state index contributed by atoms with van der Waals surface area (Å²) >= 11 is 0. The molecule has 3 atom stereocenters. The zero-order valence-electron chi connectivity index (χ0n) is 14.5. The summed E-state index contributed by atoms with van der Waals surface area (Å²) < 4.78 is 23.4. The first kappa shape index (κ1) is 19.3. The van der Waals surface area contributed by atoms with Crippen LogP contribution in [0, 0.1) is 5.92 Å². The first-order chi connectivity index (χ1) is 10.3. The number of carbonyl (C=O) groups excluding carboxylic acids is 1. The van der Waals surface area contributed by atoms with E-state index in [9.17, 15) is 13.2 Å². The zero-order chi connectivity index (χ0) is 16.8. The standard InChI is InChI=1S/C16H32N2O3S/c1-5-9-14-10-7-8-11-15(14)17-16(19)18(4)13(3)12-22(20,21)6-2/h13-15H,5-12H2,1-4H3,(H,17,19)/t13-,14+,15+/m0/s1. The molecule has 0 aliphatic heterocycles. The third-order valence-corrected chi connectivity index (χ3v) is 6.66. The van der Waals surface area contributed by atoms with Crippen molar-refractivity contribution in [2.75, 3.05) is 18.6 Å². The van der Waals surface area contributed by atoms with Crippen molar-refractivity contribution in [1.29, 1.82) is 0 Å². The van der Waals surface area contributed by atoms with Gasteiger partial charge in [-0.25, -0.2) is 13.2 Å². The second kappa shape index (κ2) is 8.75. The molecule has 0 aromatic rings. The quantitative estimate of drug-likeness (QED) is 0.779. The molecule has 0 aromatic heterocycles. The van der Waals surface area contributed by atoms with Gasteiger partial charge in [0.05, 0.1) is 5.75 Å². The van der Waals surface area contributed by atoms with Crippen LogP contribution >= 0.6 is 0 Å². The number of carbonyl (C=O) groups is 1. The van der Waals surface area contributed by atoms with Crippen molar-refractivity contribution in [3.63, 3.8) is 0 Å². The van der Waals surface area contributed by atoms with Crippen molar-refractivity contribution in [2.45, 2.75) is 71.4 Å². The highest BCUT2D eigenvalue weighted by Gasteiger charge is 2.28. The summed E-state index contributed by atoms with van der Waals surface area (Å²) in [5, 5.41) is 3.13. The minimum absolute atomic E-state index is 0.0243. The monoisotopic (exact) mass is 332 g/mol. The number of hydrogen-bond donors (Lipinski definition) is 1. The number of hydrogen-bond acceptors (Lipinski definition) is 3. The Hall–Kier alpha value is -0.780. The molecule has 0 bridgehead atoms. The summed E-state index contributed by atoms with van der Waals surface area (Å²) in [4.78, 5) is 13.9. The molecular weight excluding hydrogens is 300 g/mol. The number of nitrogens with zero attached hydrogens (tertiary/aromatic N) is 1. The first-order valence-corrected chi connectivity index (χ1v) is 10.4. The van der Waals surface area contributed by atoms with E-state index >= 15 is 0 Å². The molecule has 6 heteroatoms. The van der Waals surface area contributed by atoms with E-state index in [1.807, 2.05) is 0 Å². The van der Waals surface area contributed by atoms with E-state index < -0.39 is 9.84 Å². The normalized spacial score (nSPS) is 23.8. The van der Waals surface area contributed by atoms with Crippen molar-refractivity contribution in [2.24, 2.45) is 5.92 Å². The van der Waals surface area contributed by atoms with Gasteiger partial charge in [-0.05, 0) is 32.1 Å². The fraction of sp³-hybridized carbons (Fsp3) is 0.938. The first-order valence-electron chi connectivity index (χ1n) is 8.54. The molecule has 2 amide bonds. The van der Waals surface area contributed by atoms with Gasteiger partial charge in [-0.15, -0.1) is 0 Å². The van der Waals surface area contributed by atoms with E-state index in [0.29, 0.717) is 5.92 Å². The van der Waals surface area contributed by atoms with Crippen LogP contribution in [0.25, 0.3) is 0 Å². The Morgan fingerprint density at radius 3 is 2.50 bits per heavy atom. The molecule has 0 spiro atoms. The predicted molar refractivity (Wildman–Crippen MR) is 90.7 cm³/mol. The lowest BCUT2D eigenvalue weighted by Gasteiger charge is -2.34. The third kappa shape index (κ3) is 5.78. The van der Waals surface area contributed by atoms with E-state index in [2.05, 4.69) is 12.2 Å². The molecule has 1 aliphatic rings. The Kier molecular flexibility index (Phi) is 7.66. The fourth-order valence-corrected chi connectivity index (χ4v) is 4.37. The maximum Gasteiger partial charge on any atom is 0.317 e. The highest BCUT2D eigenvalue weighted by Crippen LogP contribution is 2.28. The Morgan fingerprint density at radius 2 is 1.91 bits per heavy atom. The average Bonchev–Trinajstić information content (AvgIpc) is 2.48. The van der Waals surface area contributed by atoms with E-state index in [4.69, 9.17) is 0 Å². The summed E-state index contributed by atoms with van der Waals surface area (Å²) in [5.41, 5.74) is 0. The molecule has 0 saturated heterocycles. The topological polar surface area (TPSA) is 66.5 Å². The second-order valence-corrected chi connectivity index (χ2v) is 8.95. The molecule has 22 heavy (non-hydrogen) atoms. The Bertz CT molecular complexity index is 448. The Morgan fingerprint density at radius 1 is 1.27 bits per heavy atom. The summed E-state index contributed by atoms with van der Waals surface area (Å²) in [6, 6.07) is -0.219. The summed E-state index contributed by atoms with van der Waals surface area (Å²) in [6.45, 7) is 5.61. The Labute approximate surface area is 135 Å².